The van der Waals surface area contributed by atoms with Gasteiger partial charge in [-0.05, 0) is 37.8 Å². The van der Waals surface area contributed by atoms with Gasteiger partial charge in [-0.25, -0.2) is 0 Å². The highest BCUT2D eigenvalue weighted by molar-refractivity contribution is 6.30. The summed E-state index contributed by atoms with van der Waals surface area (Å²) in [5.74, 6) is 0. The lowest BCUT2D eigenvalue weighted by Crippen LogP contribution is -3.10. The molecule has 1 aromatic rings. The van der Waals surface area contributed by atoms with E-state index in [-0.39, 0.29) is 0 Å². The summed E-state index contributed by atoms with van der Waals surface area (Å²) in [6.45, 7) is 3.84. The Balaban J connectivity index is 1.92. The number of quaternary nitrogens is 1. The number of rotatable bonds is 2. The molecule has 0 aromatic heterocycles. The van der Waals surface area contributed by atoms with Crippen molar-refractivity contribution in [1.29, 1.82) is 0 Å². The van der Waals surface area contributed by atoms with Gasteiger partial charge in [0, 0.05) is 10.6 Å². The molecule has 0 spiro atoms. The van der Waals surface area contributed by atoms with Gasteiger partial charge in [-0.15, -0.1) is 0 Å². The van der Waals surface area contributed by atoms with Crippen LogP contribution in [0.3, 0.4) is 0 Å². The Morgan fingerprint density at radius 2 is 1.53 bits per heavy atom. The van der Waals surface area contributed by atoms with Gasteiger partial charge in [-0.3, -0.25) is 0 Å². The standard InChI is InChI=1S/C13H18ClN/c14-13-7-5-12(6-8-13)11-15-9-3-1-2-4-10-15/h5-8H,1-4,9-11H2/p+1. The van der Waals surface area contributed by atoms with Crippen molar-refractivity contribution in [3.05, 3.63) is 34.9 Å². The molecule has 15 heavy (non-hydrogen) atoms. The van der Waals surface area contributed by atoms with Crippen LogP contribution in [-0.2, 0) is 6.54 Å². The maximum Gasteiger partial charge on any atom is 0.103 e. The summed E-state index contributed by atoms with van der Waals surface area (Å²) < 4.78 is 0. The lowest BCUT2D eigenvalue weighted by Gasteiger charge is -2.16. The summed E-state index contributed by atoms with van der Waals surface area (Å²) in [5, 5.41) is 0.838. The highest BCUT2D eigenvalue weighted by atomic mass is 35.5. The number of hydrogen-bond acceptors (Lipinski definition) is 0. The van der Waals surface area contributed by atoms with Gasteiger partial charge < -0.3 is 4.90 Å². The first kappa shape index (κ1) is 11.0. The molecule has 0 atom stereocenters. The van der Waals surface area contributed by atoms with E-state index >= 15 is 0 Å². The predicted octanol–water partition coefficient (Wildman–Crippen LogP) is 2.30. The monoisotopic (exact) mass is 224 g/mol. The van der Waals surface area contributed by atoms with Crippen LogP contribution >= 0.6 is 11.6 Å². The van der Waals surface area contributed by atoms with Crippen molar-refractivity contribution in [3.8, 4) is 0 Å². The van der Waals surface area contributed by atoms with E-state index < -0.39 is 0 Å². The van der Waals surface area contributed by atoms with Crippen molar-refractivity contribution < 1.29 is 4.90 Å². The van der Waals surface area contributed by atoms with Crippen LogP contribution in [0.4, 0.5) is 0 Å². The van der Waals surface area contributed by atoms with Gasteiger partial charge in [0.15, 0.2) is 0 Å². The molecule has 1 saturated heterocycles. The maximum absolute atomic E-state index is 5.87. The SMILES string of the molecule is Clc1ccc(C[NH+]2CCCCCC2)cc1. The van der Waals surface area contributed by atoms with Crippen LogP contribution < -0.4 is 4.90 Å². The summed E-state index contributed by atoms with van der Waals surface area (Å²) in [4.78, 5) is 1.73. The van der Waals surface area contributed by atoms with Gasteiger partial charge in [0.1, 0.15) is 6.54 Å². The molecule has 0 unspecified atom stereocenters. The number of hydrogen-bond donors (Lipinski definition) is 1. The van der Waals surface area contributed by atoms with Crippen molar-refractivity contribution in [3.63, 3.8) is 0 Å². The van der Waals surface area contributed by atoms with E-state index in [0.717, 1.165) is 11.6 Å². The van der Waals surface area contributed by atoms with Crippen LogP contribution in [0.1, 0.15) is 31.2 Å². The second-order valence-electron chi connectivity index (χ2n) is 4.47. The Kier molecular flexibility index (Phi) is 4.04. The van der Waals surface area contributed by atoms with Crippen molar-refractivity contribution in [2.45, 2.75) is 32.2 Å². The highest BCUT2D eigenvalue weighted by Gasteiger charge is 2.12. The molecule has 0 saturated carbocycles. The topological polar surface area (TPSA) is 4.44 Å². The van der Waals surface area contributed by atoms with Gasteiger partial charge in [0.25, 0.3) is 0 Å². The maximum atomic E-state index is 5.87. The number of benzene rings is 1. The van der Waals surface area contributed by atoms with Crippen LogP contribution in [0.15, 0.2) is 24.3 Å². The molecule has 1 fully saturated rings. The smallest absolute Gasteiger partial charge is 0.103 e. The molecule has 2 rings (SSSR count). The average molecular weight is 225 g/mol. The molecule has 0 radical (unpaired) electrons. The van der Waals surface area contributed by atoms with E-state index in [4.69, 9.17) is 11.6 Å². The summed E-state index contributed by atoms with van der Waals surface area (Å²) in [7, 11) is 0. The minimum atomic E-state index is 0.838. The third-order valence-electron chi connectivity index (χ3n) is 3.18. The van der Waals surface area contributed by atoms with E-state index in [1.165, 1.54) is 44.3 Å². The first-order valence-electron chi connectivity index (χ1n) is 5.92. The first-order chi connectivity index (χ1) is 7.34. The molecule has 0 amide bonds. The Morgan fingerprint density at radius 3 is 2.13 bits per heavy atom. The molecule has 1 aliphatic rings. The molecular formula is C13H19ClN+. The zero-order valence-electron chi connectivity index (χ0n) is 9.14. The molecular weight excluding hydrogens is 206 g/mol. The van der Waals surface area contributed by atoms with Gasteiger partial charge >= 0.3 is 0 Å². The van der Waals surface area contributed by atoms with E-state index in [1.807, 2.05) is 12.1 Å². The Labute approximate surface area is 97.0 Å². The van der Waals surface area contributed by atoms with Crippen molar-refractivity contribution in [2.75, 3.05) is 13.1 Å². The predicted molar refractivity (Wildman–Crippen MR) is 64.3 cm³/mol. The molecule has 1 N–H and O–H groups in total. The summed E-state index contributed by atoms with van der Waals surface area (Å²) in [5.41, 5.74) is 1.41. The zero-order chi connectivity index (χ0) is 10.5. The van der Waals surface area contributed by atoms with Crippen LogP contribution in [0, 0.1) is 0 Å². The van der Waals surface area contributed by atoms with Crippen molar-refractivity contribution in [1.82, 2.24) is 0 Å². The fourth-order valence-electron chi connectivity index (χ4n) is 2.30. The minimum absolute atomic E-state index is 0.838. The molecule has 2 heteroatoms. The number of nitrogens with one attached hydrogen (secondary N) is 1. The largest absolute Gasteiger partial charge is 0.331 e. The summed E-state index contributed by atoms with van der Waals surface area (Å²) >= 11 is 5.87. The fraction of sp³-hybridized carbons (Fsp3) is 0.538. The summed E-state index contributed by atoms with van der Waals surface area (Å²) in [6, 6.07) is 8.29. The normalized spacial score (nSPS) is 18.7. The fourth-order valence-corrected chi connectivity index (χ4v) is 2.42. The third-order valence-corrected chi connectivity index (χ3v) is 3.43. The van der Waals surface area contributed by atoms with Crippen molar-refractivity contribution >= 4 is 11.6 Å². The lowest BCUT2D eigenvalue weighted by molar-refractivity contribution is -0.913. The third kappa shape index (κ3) is 3.51. The second-order valence-corrected chi connectivity index (χ2v) is 4.90. The quantitative estimate of drug-likeness (QED) is 0.787. The minimum Gasteiger partial charge on any atom is -0.331 e. The molecule has 1 aliphatic heterocycles. The van der Waals surface area contributed by atoms with Crippen LogP contribution in [0.5, 0.6) is 0 Å². The molecule has 82 valence electrons. The molecule has 1 aromatic carbocycles. The van der Waals surface area contributed by atoms with Gasteiger partial charge in [0.2, 0.25) is 0 Å². The van der Waals surface area contributed by atoms with Crippen molar-refractivity contribution in [2.24, 2.45) is 0 Å². The number of halogens is 1. The van der Waals surface area contributed by atoms with Crippen LogP contribution in [0.2, 0.25) is 5.02 Å². The first-order valence-corrected chi connectivity index (χ1v) is 6.30. The lowest BCUT2D eigenvalue weighted by atomic mass is 10.2. The van der Waals surface area contributed by atoms with Gasteiger partial charge in [-0.2, -0.15) is 0 Å². The summed E-state index contributed by atoms with van der Waals surface area (Å²) in [6.07, 6.45) is 5.63. The average Bonchev–Trinajstić information content (AvgIpc) is 2.50. The molecule has 1 heterocycles. The Morgan fingerprint density at radius 1 is 0.933 bits per heavy atom. The Bertz CT molecular complexity index is 286. The van der Waals surface area contributed by atoms with Gasteiger partial charge in [0.05, 0.1) is 13.1 Å². The number of likely N-dealkylation sites (tertiary alicyclic amines) is 1. The molecule has 0 aliphatic carbocycles. The van der Waals surface area contributed by atoms with E-state index in [1.54, 1.807) is 4.90 Å². The second kappa shape index (κ2) is 5.53. The van der Waals surface area contributed by atoms with Crippen LogP contribution in [0.25, 0.3) is 0 Å². The van der Waals surface area contributed by atoms with E-state index in [0.29, 0.717) is 0 Å². The molecule has 1 nitrogen and oxygen atoms in total. The Hall–Kier alpha value is -0.530. The van der Waals surface area contributed by atoms with Gasteiger partial charge in [-0.1, -0.05) is 23.7 Å². The zero-order valence-corrected chi connectivity index (χ0v) is 9.89. The van der Waals surface area contributed by atoms with Crippen LogP contribution in [-0.4, -0.2) is 13.1 Å². The highest BCUT2D eigenvalue weighted by Crippen LogP contribution is 2.09. The molecule has 0 bridgehead atoms. The van der Waals surface area contributed by atoms with E-state index in [2.05, 4.69) is 12.1 Å². The van der Waals surface area contributed by atoms with E-state index in [9.17, 15) is 0 Å².